The maximum Gasteiger partial charge on any atom is 0.332 e. The topological polar surface area (TPSA) is 73.5 Å². The van der Waals surface area contributed by atoms with Crippen molar-refractivity contribution in [3.8, 4) is 5.75 Å². The SMILES string of the molecule is COc1cccc(Cn2c(=O)c3sccc3n(CC(=O)N3CCC[C@@H](C)C3)c2=O)c1. The minimum absolute atomic E-state index is 0.0584. The van der Waals surface area contributed by atoms with E-state index in [1.807, 2.05) is 23.1 Å². The highest BCUT2D eigenvalue weighted by molar-refractivity contribution is 7.17. The maximum absolute atomic E-state index is 13.3. The summed E-state index contributed by atoms with van der Waals surface area (Å²) in [5, 5.41) is 1.78. The van der Waals surface area contributed by atoms with Gasteiger partial charge in [-0.25, -0.2) is 4.79 Å². The van der Waals surface area contributed by atoms with Crippen LogP contribution in [0.3, 0.4) is 0 Å². The third kappa shape index (κ3) is 3.92. The first-order chi connectivity index (χ1) is 14.5. The van der Waals surface area contributed by atoms with Crippen molar-refractivity contribution in [1.29, 1.82) is 0 Å². The molecule has 0 unspecified atom stereocenters. The van der Waals surface area contributed by atoms with Gasteiger partial charge in [0.05, 0.1) is 19.2 Å². The molecule has 0 N–H and O–H groups in total. The number of carbonyl (C=O) groups is 1. The second-order valence-electron chi connectivity index (χ2n) is 7.83. The zero-order valence-corrected chi connectivity index (χ0v) is 18.0. The Kier molecular flexibility index (Phi) is 5.76. The number of aromatic nitrogens is 2. The van der Waals surface area contributed by atoms with Gasteiger partial charge in [-0.05, 0) is 47.9 Å². The Bertz CT molecular complexity index is 1190. The molecule has 0 bridgehead atoms. The van der Waals surface area contributed by atoms with Crippen molar-refractivity contribution in [1.82, 2.24) is 14.0 Å². The van der Waals surface area contributed by atoms with Crippen molar-refractivity contribution < 1.29 is 9.53 Å². The molecule has 0 radical (unpaired) electrons. The van der Waals surface area contributed by atoms with Crippen LogP contribution in [0.15, 0.2) is 45.3 Å². The summed E-state index contributed by atoms with van der Waals surface area (Å²) in [4.78, 5) is 41.0. The summed E-state index contributed by atoms with van der Waals surface area (Å²) in [5.41, 5.74) is 0.512. The highest BCUT2D eigenvalue weighted by Gasteiger charge is 2.23. The second kappa shape index (κ2) is 8.47. The van der Waals surface area contributed by atoms with Crippen LogP contribution in [0, 0.1) is 5.92 Å². The van der Waals surface area contributed by atoms with Gasteiger partial charge in [0.15, 0.2) is 0 Å². The molecule has 1 aliphatic rings. The number of likely N-dealkylation sites (tertiary alicyclic amines) is 1. The van der Waals surface area contributed by atoms with Crippen molar-refractivity contribution >= 4 is 27.5 Å². The first-order valence-corrected chi connectivity index (χ1v) is 11.0. The fraction of sp³-hybridized carbons (Fsp3) is 0.409. The average molecular weight is 428 g/mol. The Balaban J connectivity index is 1.73. The predicted molar refractivity (Wildman–Crippen MR) is 117 cm³/mol. The van der Waals surface area contributed by atoms with Crippen LogP contribution in [0.1, 0.15) is 25.3 Å². The zero-order valence-electron chi connectivity index (χ0n) is 17.2. The molecule has 1 fully saturated rings. The van der Waals surface area contributed by atoms with Crippen LogP contribution in [-0.4, -0.2) is 40.1 Å². The maximum atomic E-state index is 13.3. The van der Waals surface area contributed by atoms with Gasteiger partial charge < -0.3 is 9.64 Å². The van der Waals surface area contributed by atoms with Gasteiger partial charge in [-0.1, -0.05) is 19.1 Å². The van der Waals surface area contributed by atoms with Crippen LogP contribution in [0.4, 0.5) is 0 Å². The minimum Gasteiger partial charge on any atom is -0.497 e. The molecule has 2 aromatic heterocycles. The van der Waals surface area contributed by atoms with Gasteiger partial charge in [-0.2, -0.15) is 0 Å². The molecule has 7 nitrogen and oxygen atoms in total. The molecule has 0 aliphatic carbocycles. The minimum atomic E-state index is -0.466. The molecule has 4 rings (SSSR count). The molecule has 1 atom stereocenters. The third-order valence-electron chi connectivity index (χ3n) is 5.61. The lowest BCUT2D eigenvalue weighted by Gasteiger charge is -2.31. The van der Waals surface area contributed by atoms with E-state index in [0.29, 0.717) is 35.0 Å². The quantitative estimate of drug-likeness (QED) is 0.627. The number of fused-ring (bicyclic) bond motifs is 1. The number of carbonyl (C=O) groups excluding carboxylic acids is 1. The lowest BCUT2D eigenvalue weighted by Crippen LogP contribution is -2.45. The van der Waals surface area contributed by atoms with Gasteiger partial charge in [0, 0.05) is 13.1 Å². The number of piperidine rings is 1. The van der Waals surface area contributed by atoms with Gasteiger partial charge in [0.1, 0.15) is 17.0 Å². The highest BCUT2D eigenvalue weighted by Crippen LogP contribution is 2.19. The Morgan fingerprint density at radius 1 is 1.23 bits per heavy atom. The molecule has 158 valence electrons. The fourth-order valence-electron chi connectivity index (χ4n) is 4.03. The number of hydrogen-bond acceptors (Lipinski definition) is 5. The predicted octanol–water partition coefficient (Wildman–Crippen LogP) is 2.54. The van der Waals surface area contributed by atoms with E-state index < -0.39 is 5.69 Å². The van der Waals surface area contributed by atoms with Crippen LogP contribution >= 0.6 is 11.3 Å². The Morgan fingerprint density at radius 2 is 2.07 bits per heavy atom. The van der Waals surface area contributed by atoms with Gasteiger partial charge in [0.25, 0.3) is 5.56 Å². The number of rotatable bonds is 5. The molecule has 30 heavy (non-hydrogen) atoms. The van der Waals surface area contributed by atoms with E-state index in [9.17, 15) is 14.4 Å². The van der Waals surface area contributed by atoms with E-state index in [0.717, 1.165) is 18.4 Å². The summed E-state index contributed by atoms with van der Waals surface area (Å²) >= 11 is 1.29. The number of ether oxygens (including phenoxy) is 1. The molecular weight excluding hydrogens is 402 g/mol. The largest absolute Gasteiger partial charge is 0.497 e. The summed E-state index contributed by atoms with van der Waals surface area (Å²) in [7, 11) is 1.57. The molecule has 3 aromatic rings. The Morgan fingerprint density at radius 3 is 2.83 bits per heavy atom. The summed E-state index contributed by atoms with van der Waals surface area (Å²) in [6, 6.07) is 9.02. The molecule has 1 amide bonds. The van der Waals surface area contributed by atoms with Crippen LogP contribution < -0.4 is 16.0 Å². The first kappa shape index (κ1) is 20.4. The van der Waals surface area contributed by atoms with Crippen molar-refractivity contribution in [3.63, 3.8) is 0 Å². The second-order valence-corrected chi connectivity index (χ2v) is 8.75. The van der Waals surface area contributed by atoms with Gasteiger partial charge in [-0.15, -0.1) is 11.3 Å². The van der Waals surface area contributed by atoms with E-state index in [-0.39, 0.29) is 24.6 Å². The average Bonchev–Trinajstić information content (AvgIpc) is 3.24. The lowest BCUT2D eigenvalue weighted by atomic mass is 10.0. The monoisotopic (exact) mass is 427 g/mol. The summed E-state index contributed by atoms with van der Waals surface area (Å²) in [5.74, 6) is 1.04. The van der Waals surface area contributed by atoms with Crippen LogP contribution in [0.25, 0.3) is 10.2 Å². The van der Waals surface area contributed by atoms with Gasteiger partial charge >= 0.3 is 5.69 Å². The summed E-state index contributed by atoms with van der Waals surface area (Å²) in [6.45, 7) is 3.63. The van der Waals surface area contributed by atoms with E-state index in [2.05, 4.69) is 6.92 Å². The fourth-order valence-corrected chi connectivity index (χ4v) is 4.87. The third-order valence-corrected chi connectivity index (χ3v) is 6.51. The number of thiophene rings is 1. The van der Waals surface area contributed by atoms with Crippen LogP contribution in [-0.2, 0) is 17.9 Å². The van der Waals surface area contributed by atoms with E-state index >= 15 is 0 Å². The van der Waals surface area contributed by atoms with E-state index in [1.165, 1.54) is 20.5 Å². The molecule has 1 aliphatic heterocycles. The number of benzene rings is 1. The number of methoxy groups -OCH3 is 1. The molecule has 8 heteroatoms. The molecule has 1 aromatic carbocycles. The smallest absolute Gasteiger partial charge is 0.332 e. The highest BCUT2D eigenvalue weighted by atomic mass is 32.1. The van der Waals surface area contributed by atoms with Crippen molar-refractivity contribution in [2.75, 3.05) is 20.2 Å². The lowest BCUT2D eigenvalue weighted by molar-refractivity contribution is -0.133. The molecule has 3 heterocycles. The van der Waals surface area contributed by atoms with E-state index in [1.54, 1.807) is 24.6 Å². The zero-order chi connectivity index (χ0) is 21.3. The van der Waals surface area contributed by atoms with Crippen LogP contribution in [0.5, 0.6) is 5.75 Å². The van der Waals surface area contributed by atoms with Gasteiger partial charge in [0.2, 0.25) is 5.91 Å². The molecule has 0 spiro atoms. The van der Waals surface area contributed by atoms with Gasteiger partial charge in [-0.3, -0.25) is 18.7 Å². The number of hydrogen-bond donors (Lipinski definition) is 0. The molecular formula is C22H25N3O4S. The first-order valence-electron chi connectivity index (χ1n) is 10.1. The van der Waals surface area contributed by atoms with Crippen LogP contribution in [0.2, 0.25) is 0 Å². The normalized spacial score (nSPS) is 16.7. The van der Waals surface area contributed by atoms with Crippen molar-refractivity contribution in [2.45, 2.75) is 32.9 Å². The Hall–Kier alpha value is -2.87. The summed E-state index contributed by atoms with van der Waals surface area (Å²) < 4.78 is 8.38. The van der Waals surface area contributed by atoms with Crippen molar-refractivity contribution in [3.05, 3.63) is 62.1 Å². The summed E-state index contributed by atoms with van der Waals surface area (Å²) in [6.07, 6.45) is 2.09. The number of nitrogens with zero attached hydrogens (tertiary/aromatic N) is 3. The number of amides is 1. The Labute approximate surface area is 178 Å². The van der Waals surface area contributed by atoms with E-state index in [4.69, 9.17) is 4.74 Å². The molecule has 1 saturated heterocycles. The van der Waals surface area contributed by atoms with Crippen molar-refractivity contribution in [2.24, 2.45) is 5.92 Å². The standard InChI is InChI=1S/C22H25N3O4S/c1-15-5-4-9-23(12-15)19(26)14-24-18-8-10-30-20(18)21(27)25(22(24)28)13-16-6-3-7-17(11-16)29-2/h3,6-8,10-11,15H,4-5,9,12-14H2,1-2H3/t15-/m1/s1. The molecule has 0 saturated carbocycles.